The third kappa shape index (κ3) is 4.09. The Hall–Kier alpha value is -2.62. The third-order valence-electron chi connectivity index (χ3n) is 6.13. The van der Waals surface area contributed by atoms with Crippen LogP contribution in [0.5, 0.6) is 0 Å². The maximum atomic E-state index is 13.0. The number of benzene rings is 2. The average molecular weight is 494 g/mol. The van der Waals surface area contributed by atoms with Gasteiger partial charge < -0.3 is 9.80 Å². The number of hydrogen-bond acceptors (Lipinski definition) is 4. The fourth-order valence-corrected chi connectivity index (χ4v) is 5.78. The van der Waals surface area contributed by atoms with Crippen molar-refractivity contribution >= 4 is 50.5 Å². The Morgan fingerprint density at radius 1 is 1.06 bits per heavy atom. The number of likely N-dealkylation sites (tertiary alicyclic amines) is 1. The maximum Gasteiger partial charge on any atom is 0.416 e. The predicted octanol–water partition coefficient (Wildman–Crippen LogP) is 4.75. The highest BCUT2D eigenvalue weighted by atomic mass is 35.5. The van der Waals surface area contributed by atoms with Gasteiger partial charge in [-0.1, -0.05) is 35.9 Å². The number of rotatable bonds is 3. The molecule has 2 saturated heterocycles. The van der Waals surface area contributed by atoms with Crippen LogP contribution in [0.15, 0.2) is 48.5 Å². The van der Waals surface area contributed by atoms with Crippen molar-refractivity contribution in [1.29, 1.82) is 0 Å². The van der Waals surface area contributed by atoms with Crippen molar-refractivity contribution in [3.63, 3.8) is 0 Å². The summed E-state index contributed by atoms with van der Waals surface area (Å²) in [6.45, 7) is 2.48. The second-order valence-electron chi connectivity index (χ2n) is 8.17. The van der Waals surface area contributed by atoms with E-state index in [9.17, 15) is 22.8 Å². The molecule has 2 aliphatic heterocycles. The molecule has 2 amide bonds. The van der Waals surface area contributed by atoms with E-state index < -0.39 is 11.7 Å². The SMILES string of the molecule is O=C(c1sc2cc(C(F)(F)F)ccc2c1Cl)N1CC(N2CCN(c3ccccc3)C(=O)C2)C1. The van der Waals surface area contributed by atoms with E-state index in [1.165, 1.54) is 6.07 Å². The van der Waals surface area contributed by atoms with Crippen molar-refractivity contribution in [1.82, 2.24) is 9.80 Å². The van der Waals surface area contributed by atoms with Crippen LogP contribution in [-0.2, 0) is 11.0 Å². The number of anilines is 1. The van der Waals surface area contributed by atoms with Crippen LogP contribution in [0.1, 0.15) is 15.2 Å². The van der Waals surface area contributed by atoms with Gasteiger partial charge in [-0.2, -0.15) is 13.2 Å². The van der Waals surface area contributed by atoms with Crippen molar-refractivity contribution in [3.05, 3.63) is 64.0 Å². The Labute approximate surface area is 196 Å². The lowest BCUT2D eigenvalue weighted by atomic mass is 10.0. The average Bonchev–Trinajstić information content (AvgIpc) is 3.09. The van der Waals surface area contributed by atoms with Gasteiger partial charge in [0.25, 0.3) is 5.91 Å². The van der Waals surface area contributed by atoms with Crippen LogP contribution in [0, 0.1) is 0 Å². The molecule has 2 fully saturated rings. The molecule has 0 atom stereocenters. The van der Waals surface area contributed by atoms with Gasteiger partial charge in [0.2, 0.25) is 5.91 Å². The number of fused-ring (bicyclic) bond motifs is 1. The Balaban J connectivity index is 1.24. The lowest BCUT2D eigenvalue weighted by Crippen LogP contribution is -2.65. The summed E-state index contributed by atoms with van der Waals surface area (Å²) < 4.78 is 39.4. The Kier molecular flexibility index (Phi) is 5.58. The first-order valence-corrected chi connectivity index (χ1v) is 11.6. The normalized spacial score (nSPS) is 18.1. The molecular formula is C23H19ClF3N3O2S. The van der Waals surface area contributed by atoms with E-state index in [1.807, 2.05) is 30.3 Å². The first-order valence-electron chi connectivity index (χ1n) is 10.4. The molecule has 0 unspecified atom stereocenters. The highest BCUT2D eigenvalue weighted by molar-refractivity contribution is 7.21. The monoisotopic (exact) mass is 493 g/mol. The molecule has 0 aliphatic carbocycles. The topological polar surface area (TPSA) is 43.9 Å². The number of thiophene rings is 1. The van der Waals surface area contributed by atoms with E-state index in [0.29, 0.717) is 36.3 Å². The lowest BCUT2D eigenvalue weighted by molar-refractivity contribution is -0.137. The molecule has 5 rings (SSSR count). The zero-order valence-corrected chi connectivity index (χ0v) is 18.9. The number of halogens is 4. The van der Waals surface area contributed by atoms with E-state index in [4.69, 9.17) is 11.6 Å². The number of amides is 2. The molecule has 0 saturated carbocycles. The molecule has 0 radical (unpaired) electrons. The van der Waals surface area contributed by atoms with Crippen molar-refractivity contribution < 1.29 is 22.8 Å². The molecule has 1 aromatic heterocycles. The molecule has 0 bridgehead atoms. The minimum atomic E-state index is -4.46. The summed E-state index contributed by atoms with van der Waals surface area (Å²) in [5.74, 6) is -0.273. The van der Waals surface area contributed by atoms with Crippen LogP contribution in [0.3, 0.4) is 0 Å². The highest BCUT2D eigenvalue weighted by Gasteiger charge is 2.39. The van der Waals surface area contributed by atoms with Crippen LogP contribution >= 0.6 is 22.9 Å². The van der Waals surface area contributed by atoms with Gasteiger partial charge in [0.15, 0.2) is 0 Å². The first kappa shape index (κ1) is 22.2. The van der Waals surface area contributed by atoms with Gasteiger partial charge in [0.05, 0.1) is 17.1 Å². The van der Waals surface area contributed by atoms with Crippen LogP contribution in [0.4, 0.5) is 18.9 Å². The molecule has 2 aromatic carbocycles. The fourth-order valence-electron chi connectivity index (χ4n) is 4.26. The lowest BCUT2D eigenvalue weighted by Gasteiger charge is -2.47. The first-order chi connectivity index (χ1) is 15.7. The molecular weight excluding hydrogens is 475 g/mol. The number of alkyl halides is 3. The van der Waals surface area contributed by atoms with Crippen molar-refractivity contribution in [3.8, 4) is 0 Å². The van der Waals surface area contributed by atoms with Crippen LogP contribution in [0.25, 0.3) is 10.1 Å². The smallest absolute Gasteiger partial charge is 0.335 e. The largest absolute Gasteiger partial charge is 0.416 e. The van der Waals surface area contributed by atoms with Crippen LogP contribution in [-0.4, -0.2) is 60.4 Å². The molecule has 10 heteroatoms. The number of piperazine rings is 1. The van der Waals surface area contributed by atoms with Gasteiger partial charge in [-0.05, 0) is 24.3 Å². The Bertz CT molecular complexity index is 1220. The zero-order valence-electron chi connectivity index (χ0n) is 17.3. The maximum absolute atomic E-state index is 13.0. The van der Waals surface area contributed by atoms with Crippen LogP contribution < -0.4 is 4.90 Å². The summed E-state index contributed by atoms with van der Waals surface area (Å²) in [6, 6.07) is 12.9. The fraction of sp³-hybridized carbons (Fsp3) is 0.304. The number of nitrogens with zero attached hydrogens (tertiary/aromatic N) is 3. The number of hydrogen-bond donors (Lipinski definition) is 0. The minimum absolute atomic E-state index is 0.0187. The van der Waals surface area contributed by atoms with Gasteiger partial charge in [0.1, 0.15) is 4.88 Å². The Morgan fingerprint density at radius 2 is 1.79 bits per heavy atom. The summed E-state index contributed by atoms with van der Waals surface area (Å²) in [4.78, 5) is 31.3. The molecule has 2 aliphatic rings. The molecule has 3 heterocycles. The molecule has 0 spiro atoms. The van der Waals surface area contributed by atoms with E-state index in [1.54, 1.807) is 9.80 Å². The molecule has 3 aromatic rings. The number of carbonyl (C=O) groups is 2. The summed E-state index contributed by atoms with van der Waals surface area (Å²) >= 11 is 7.32. The number of carbonyl (C=O) groups excluding carboxylic acids is 2. The van der Waals surface area contributed by atoms with E-state index in [2.05, 4.69) is 4.90 Å². The van der Waals surface area contributed by atoms with Crippen molar-refractivity contribution in [2.75, 3.05) is 37.6 Å². The molecule has 0 N–H and O–H groups in total. The molecule has 33 heavy (non-hydrogen) atoms. The second-order valence-corrected chi connectivity index (χ2v) is 9.60. The quantitative estimate of drug-likeness (QED) is 0.529. The van der Waals surface area contributed by atoms with E-state index in [0.717, 1.165) is 29.2 Å². The van der Waals surface area contributed by atoms with Gasteiger partial charge in [-0.3, -0.25) is 14.5 Å². The molecule has 172 valence electrons. The van der Waals surface area contributed by atoms with Crippen LogP contribution in [0.2, 0.25) is 5.02 Å². The summed E-state index contributed by atoms with van der Waals surface area (Å²) in [6.07, 6.45) is -4.46. The zero-order chi connectivity index (χ0) is 23.3. The van der Waals surface area contributed by atoms with Gasteiger partial charge in [-0.25, -0.2) is 0 Å². The van der Waals surface area contributed by atoms with Gasteiger partial charge in [0, 0.05) is 48.0 Å². The predicted molar refractivity (Wildman–Crippen MR) is 122 cm³/mol. The summed E-state index contributed by atoms with van der Waals surface area (Å²) in [5, 5.41) is 0.626. The highest BCUT2D eigenvalue weighted by Crippen LogP contribution is 2.40. The van der Waals surface area contributed by atoms with Crippen molar-refractivity contribution in [2.45, 2.75) is 12.2 Å². The van der Waals surface area contributed by atoms with E-state index in [-0.39, 0.29) is 34.3 Å². The van der Waals surface area contributed by atoms with Gasteiger partial charge >= 0.3 is 6.18 Å². The Morgan fingerprint density at radius 3 is 2.45 bits per heavy atom. The number of para-hydroxylation sites is 1. The third-order valence-corrected chi connectivity index (χ3v) is 7.78. The second kappa shape index (κ2) is 8.30. The minimum Gasteiger partial charge on any atom is -0.335 e. The summed E-state index contributed by atoms with van der Waals surface area (Å²) in [5.41, 5.74) is 0.107. The van der Waals surface area contributed by atoms with Crippen molar-refractivity contribution in [2.24, 2.45) is 0 Å². The standard InChI is InChI=1S/C23H19ClF3N3O2S/c24-20-17-7-6-14(23(25,26)27)10-18(17)33-21(20)22(32)29-11-16(12-29)28-8-9-30(19(31)13-28)15-4-2-1-3-5-15/h1-7,10,16H,8-9,11-13H2. The van der Waals surface area contributed by atoms with Gasteiger partial charge in [-0.15, -0.1) is 11.3 Å². The summed E-state index contributed by atoms with van der Waals surface area (Å²) in [7, 11) is 0. The molecule has 5 nitrogen and oxygen atoms in total. The van der Waals surface area contributed by atoms with E-state index >= 15 is 0 Å².